The van der Waals surface area contributed by atoms with E-state index in [1.807, 2.05) is 29.2 Å². The quantitative estimate of drug-likeness (QED) is 0.654. The molecule has 0 bridgehead atoms. The zero-order valence-corrected chi connectivity index (χ0v) is 11.7. The number of nitrogens with zero attached hydrogens (tertiary/aromatic N) is 3. The summed E-state index contributed by atoms with van der Waals surface area (Å²) in [5, 5.41) is 15.4. The zero-order valence-electron chi connectivity index (χ0n) is 11.7. The molecule has 1 aliphatic rings. The van der Waals surface area contributed by atoms with Crippen LogP contribution in [0.15, 0.2) is 29.1 Å². The standard InChI is InChI=1S/C14H16N4O3/c1-16-11-5-3-2-4-10(11)12(13(14(16)19)18(20)21)17-8-6-15-7-9-17/h2-5,15H,6-9H2,1H3. The molecular formula is C14H16N4O3. The molecule has 1 fully saturated rings. The van der Waals surface area contributed by atoms with Crippen LogP contribution < -0.4 is 15.8 Å². The fourth-order valence-corrected chi connectivity index (χ4v) is 2.84. The molecule has 2 aromatic rings. The average molecular weight is 288 g/mol. The van der Waals surface area contributed by atoms with E-state index >= 15 is 0 Å². The lowest BCUT2D eigenvalue weighted by Crippen LogP contribution is -2.44. The van der Waals surface area contributed by atoms with Crippen LogP contribution >= 0.6 is 0 Å². The van der Waals surface area contributed by atoms with Gasteiger partial charge in [-0.15, -0.1) is 0 Å². The molecule has 0 unspecified atom stereocenters. The lowest BCUT2D eigenvalue weighted by molar-refractivity contribution is -0.385. The summed E-state index contributed by atoms with van der Waals surface area (Å²) in [6.07, 6.45) is 0. The summed E-state index contributed by atoms with van der Waals surface area (Å²) in [4.78, 5) is 25.2. The third-order valence-corrected chi connectivity index (χ3v) is 3.87. The minimum absolute atomic E-state index is 0.335. The van der Waals surface area contributed by atoms with Crippen molar-refractivity contribution in [2.24, 2.45) is 7.05 Å². The molecule has 7 nitrogen and oxygen atoms in total. The number of nitrogens with one attached hydrogen (secondary N) is 1. The van der Waals surface area contributed by atoms with E-state index in [0.29, 0.717) is 24.3 Å². The van der Waals surface area contributed by atoms with E-state index in [-0.39, 0.29) is 5.69 Å². The molecule has 0 atom stereocenters. The molecule has 21 heavy (non-hydrogen) atoms. The Morgan fingerprint density at radius 3 is 2.57 bits per heavy atom. The molecule has 7 heteroatoms. The highest BCUT2D eigenvalue weighted by Gasteiger charge is 2.29. The smallest absolute Gasteiger partial charge is 0.357 e. The van der Waals surface area contributed by atoms with E-state index in [4.69, 9.17) is 0 Å². The predicted molar refractivity (Wildman–Crippen MR) is 80.9 cm³/mol. The van der Waals surface area contributed by atoms with Crippen LogP contribution in [-0.4, -0.2) is 35.7 Å². The second-order valence-electron chi connectivity index (χ2n) is 5.07. The number of anilines is 1. The molecule has 1 aliphatic heterocycles. The summed E-state index contributed by atoms with van der Waals surface area (Å²) < 4.78 is 1.35. The van der Waals surface area contributed by atoms with Gasteiger partial charge in [0.05, 0.1) is 10.4 Å². The van der Waals surface area contributed by atoms with Crippen molar-refractivity contribution >= 4 is 22.3 Å². The maximum absolute atomic E-state index is 12.4. The van der Waals surface area contributed by atoms with E-state index < -0.39 is 10.5 Å². The van der Waals surface area contributed by atoms with E-state index in [1.165, 1.54) is 4.57 Å². The number of pyridine rings is 1. The second kappa shape index (κ2) is 5.17. The van der Waals surface area contributed by atoms with Crippen LogP contribution in [0.1, 0.15) is 0 Å². The summed E-state index contributed by atoms with van der Waals surface area (Å²) in [5.41, 5.74) is 0.257. The molecule has 0 amide bonds. The molecule has 0 saturated carbocycles. The van der Waals surface area contributed by atoms with Crippen molar-refractivity contribution in [3.05, 3.63) is 44.7 Å². The van der Waals surface area contributed by atoms with Crippen LogP contribution in [0.5, 0.6) is 0 Å². The predicted octanol–water partition coefficient (Wildman–Crippen LogP) is 0.856. The van der Waals surface area contributed by atoms with Crippen LogP contribution in [0.4, 0.5) is 11.4 Å². The van der Waals surface area contributed by atoms with E-state index in [0.717, 1.165) is 18.5 Å². The van der Waals surface area contributed by atoms with Gasteiger partial charge in [0.25, 0.3) is 0 Å². The lowest BCUT2D eigenvalue weighted by Gasteiger charge is -2.30. The monoisotopic (exact) mass is 288 g/mol. The van der Waals surface area contributed by atoms with Gasteiger partial charge in [-0.05, 0) is 6.07 Å². The van der Waals surface area contributed by atoms with Crippen LogP contribution in [0.25, 0.3) is 10.9 Å². The van der Waals surface area contributed by atoms with Crippen molar-refractivity contribution in [2.75, 3.05) is 31.1 Å². The normalized spacial score (nSPS) is 15.4. The SMILES string of the molecule is Cn1c(=O)c([N+](=O)[O-])c(N2CCNCC2)c2ccccc21. The summed E-state index contributed by atoms with van der Waals surface area (Å²) in [6, 6.07) is 7.31. The molecule has 0 radical (unpaired) electrons. The van der Waals surface area contributed by atoms with Crippen molar-refractivity contribution in [3.8, 4) is 0 Å². The van der Waals surface area contributed by atoms with Crippen LogP contribution in [0, 0.1) is 10.1 Å². The highest BCUT2D eigenvalue weighted by molar-refractivity contribution is 5.96. The summed E-state index contributed by atoms with van der Waals surface area (Å²) in [6.45, 7) is 2.80. The van der Waals surface area contributed by atoms with Gasteiger partial charge in [0.2, 0.25) is 0 Å². The first-order valence-electron chi connectivity index (χ1n) is 6.83. The van der Waals surface area contributed by atoms with Gasteiger partial charge in [-0.3, -0.25) is 14.9 Å². The second-order valence-corrected chi connectivity index (χ2v) is 5.07. The van der Waals surface area contributed by atoms with Crippen LogP contribution in [0.3, 0.4) is 0 Å². The molecule has 1 aromatic heterocycles. The molecule has 2 heterocycles. The van der Waals surface area contributed by atoms with Gasteiger partial charge in [0.15, 0.2) is 0 Å². The Morgan fingerprint density at radius 1 is 1.24 bits per heavy atom. The number of aromatic nitrogens is 1. The first kappa shape index (κ1) is 13.6. The number of piperazine rings is 1. The maximum atomic E-state index is 12.4. The number of rotatable bonds is 2. The van der Waals surface area contributed by atoms with Crippen molar-refractivity contribution < 1.29 is 4.92 Å². The van der Waals surface area contributed by atoms with Gasteiger partial charge in [-0.25, -0.2) is 0 Å². The summed E-state index contributed by atoms with van der Waals surface area (Å²) >= 11 is 0. The topological polar surface area (TPSA) is 80.4 Å². The van der Waals surface area contributed by atoms with E-state index in [2.05, 4.69) is 5.32 Å². The zero-order chi connectivity index (χ0) is 15.0. The fraction of sp³-hybridized carbons (Fsp3) is 0.357. The highest BCUT2D eigenvalue weighted by Crippen LogP contribution is 2.33. The molecule has 3 rings (SSSR count). The number of fused-ring (bicyclic) bond motifs is 1. The van der Waals surface area contributed by atoms with Crippen molar-refractivity contribution in [3.63, 3.8) is 0 Å². The van der Waals surface area contributed by atoms with Crippen molar-refractivity contribution in [1.82, 2.24) is 9.88 Å². The highest BCUT2D eigenvalue weighted by atomic mass is 16.6. The minimum atomic E-state index is -0.563. The van der Waals surface area contributed by atoms with Crippen LogP contribution in [-0.2, 0) is 7.05 Å². The summed E-state index contributed by atoms with van der Waals surface area (Å²) in [7, 11) is 1.57. The van der Waals surface area contributed by atoms with Gasteiger partial charge < -0.3 is 14.8 Å². The first-order chi connectivity index (χ1) is 10.1. The largest absolute Gasteiger partial charge is 0.363 e. The van der Waals surface area contributed by atoms with E-state index in [1.54, 1.807) is 7.05 Å². The van der Waals surface area contributed by atoms with Crippen molar-refractivity contribution in [1.29, 1.82) is 0 Å². The van der Waals surface area contributed by atoms with Gasteiger partial charge in [0.1, 0.15) is 5.69 Å². The Hall–Kier alpha value is -2.41. The van der Waals surface area contributed by atoms with Crippen LogP contribution in [0.2, 0.25) is 0 Å². The average Bonchev–Trinajstić information content (AvgIpc) is 2.51. The molecule has 1 saturated heterocycles. The van der Waals surface area contributed by atoms with E-state index in [9.17, 15) is 14.9 Å². The third kappa shape index (κ3) is 2.15. The molecule has 1 N–H and O–H groups in total. The Morgan fingerprint density at radius 2 is 1.90 bits per heavy atom. The number of benzene rings is 1. The third-order valence-electron chi connectivity index (χ3n) is 3.87. The number of nitro groups is 1. The Kier molecular flexibility index (Phi) is 3.34. The molecule has 0 spiro atoms. The summed E-state index contributed by atoms with van der Waals surface area (Å²) in [5.74, 6) is 0. The number of hydrogen-bond acceptors (Lipinski definition) is 5. The van der Waals surface area contributed by atoms with Crippen molar-refractivity contribution in [2.45, 2.75) is 0 Å². The first-order valence-corrected chi connectivity index (χ1v) is 6.83. The Bertz CT molecular complexity index is 763. The number of aryl methyl sites for hydroxylation is 1. The molecule has 1 aromatic carbocycles. The molecule has 0 aliphatic carbocycles. The molecular weight excluding hydrogens is 272 g/mol. The van der Waals surface area contributed by atoms with Gasteiger partial charge in [0, 0.05) is 38.6 Å². The minimum Gasteiger partial charge on any atom is -0.363 e. The fourth-order valence-electron chi connectivity index (χ4n) is 2.84. The van der Waals surface area contributed by atoms with Gasteiger partial charge in [-0.1, -0.05) is 18.2 Å². The Balaban J connectivity index is 2.38. The van der Waals surface area contributed by atoms with Gasteiger partial charge in [-0.2, -0.15) is 0 Å². The maximum Gasteiger partial charge on any atom is 0.357 e. The lowest BCUT2D eigenvalue weighted by atomic mass is 10.1. The van der Waals surface area contributed by atoms with Gasteiger partial charge >= 0.3 is 11.2 Å². The molecule has 110 valence electrons. The number of hydrogen-bond donors (Lipinski definition) is 1. The number of para-hydroxylation sites is 1. The Labute approximate surface area is 120 Å².